The number of benzene rings is 1. The van der Waals surface area contributed by atoms with Crippen LogP contribution in [0.4, 0.5) is 19.3 Å². The molecule has 2 atom stereocenters. The number of halogens is 2. The second-order valence-corrected chi connectivity index (χ2v) is 7.95. The van der Waals surface area contributed by atoms with Crippen molar-refractivity contribution in [2.75, 3.05) is 11.9 Å². The molecule has 1 saturated heterocycles. The number of nitrogens with zero attached hydrogens (tertiary/aromatic N) is 1. The predicted molar refractivity (Wildman–Crippen MR) is 97.5 cm³/mol. The van der Waals surface area contributed by atoms with E-state index < -0.39 is 23.2 Å². The fourth-order valence-electron chi connectivity index (χ4n) is 3.70. The first-order valence-electron chi connectivity index (χ1n) is 8.80. The average molecular weight is 397 g/mol. The normalized spacial score (nSPS) is 25.2. The highest BCUT2D eigenvalue weighted by molar-refractivity contribution is 7.99. The molecule has 6 nitrogen and oxygen atoms in total. The summed E-state index contributed by atoms with van der Waals surface area (Å²) in [5, 5.41) is 5.38. The maximum atomic E-state index is 12.8. The Kier molecular flexibility index (Phi) is 5.69. The van der Waals surface area contributed by atoms with Crippen LogP contribution in [0.25, 0.3) is 0 Å². The molecule has 9 heteroatoms. The van der Waals surface area contributed by atoms with E-state index >= 15 is 0 Å². The molecule has 2 N–H and O–H groups in total. The molecule has 4 amide bonds. The minimum atomic E-state index is -2.51. The third-order valence-electron chi connectivity index (χ3n) is 5.17. The van der Waals surface area contributed by atoms with Gasteiger partial charge < -0.3 is 10.6 Å². The molecule has 1 aromatic carbocycles. The number of urea groups is 1. The fraction of sp³-hybridized carbons (Fsp3) is 0.500. The second kappa shape index (κ2) is 7.84. The summed E-state index contributed by atoms with van der Waals surface area (Å²) in [6.45, 7) is 1.56. The summed E-state index contributed by atoms with van der Waals surface area (Å²) in [5.74, 6) is -3.36. The van der Waals surface area contributed by atoms with Gasteiger partial charge in [-0.15, -0.1) is 0 Å². The van der Waals surface area contributed by atoms with Gasteiger partial charge in [0.05, 0.1) is 0 Å². The maximum Gasteiger partial charge on any atom is 0.325 e. The number of hydrogen-bond donors (Lipinski definition) is 2. The van der Waals surface area contributed by atoms with Crippen LogP contribution in [-0.2, 0) is 9.59 Å². The van der Waals surface area contributed by atoms with Gasteiger partial charge in [-0.1, -0.05) is 31.5 Å². The van der Waals surface area contributed by atoms with Crippen molar-refractivity contribution in [2.45, 2.75) is 48.8 Å². The summed E-state index contributed by atoms with van der Waals surface area (Å²) in [7, 11) is 0. The summed E-state index contributed by atoms with van der Waals surface area (Å²) < 4.78 is 24.7. The Labute approximate surface area is 160 Å². The second-order valence-electron chi connectivity index (χ2n) is 6.89. The van der Waals surface area contributed by atoms with Gasteiger partial charge in [0.2, 0.25) is 5.91 Å². The first-order valence-corrected chi connectivity index (χ1v) is 9.68. The summed E-state index contributed by atoms with van der Waals surface area (Å²) in [4.78, 5) is 38.7. The highest BCUT2D eigenvalue weighted by Crippen LogP contribution is 2.38. The number of rotatable bonds is 5. The molecule has 1 aliphatic heterocycles. The van der Waals surface area contributed by atoms with Gasteiger partial charge in [-0.05, 0) is 43.0 Å². The molecule has 1 heterocycles. The lowest BCUT2D eigenvalue weighted by Gasteiger charge is -2.36. The fourth-order valence-corrected chi connectivity index (χ4v) is 4.20. The van der Waals surface area contributed by atoms with Gasteiger partial charge >= 0.3 is 6.03 Å². The van der Waals surface area contributed by atoms with E-state index in [0.717, 1.165) is 24.2 Å². The number of imide groups is 1. The molecular weight excluding hydrogens is 376 g/mol. The zero-order chi connectivity index (χ0) is 19.6. The van der Waals surface area contributed by atoms with Crippen LogP contribution >= 0.6 is 11.8 Å². The van der Waals surface area contributed by atoms with Crippen molar-refractivity contribution in [2.24, 2.45) is 5.92 Å². The highest BCUT2D eigenvalue weighted by atomic mass is 32.2. The van der Waals surface area contributed by atoms with E-state index in [2.05, 4.69) is 10.6 Å². The van der Waals surface area contributed by atoms with Crippen molar-refractivity contribution >= 4 is 35.3 Å². The van der Waals surface area contributed by atoms with Gasteiger partial charge in [0.15, 0.2) is 0 Å². The van der Waals surface area contributed by atoms with Gasteiger partial charge in [-0.25, -0.2) is 4.79 Å². The molecule has 27 heavy (non-hydrogen) atoms. The number of carbonyl (C=O) groups is 3. The van der Waals surface area contributed by atoms with Crippen LogP contribution in [0, 0.1) is 5.92 Å². The van der Waals surface area contributed by atoms with Crippen molar-refractivity contribution in [1.82, 2.24) is 10.2 Å². The SMILES string of the molecule is C[C@@H]1CCCC[C@]12NC(=O)N(CC(=O)Nc1ccc(SC(F)F)cc1)C2=O. The molecule has 2 fully saturated rings. The minimum absolute atomic E-state index is 0.0237. The molecule has 0 unspecified atom stereocenters. The molecule has 1 aliphatic carbocycles. The molecule has 2 aliphatic rings. The van der Waals surface area contributed by atoms with Crippen LogP contribution < -0.4 is 10.6 Å². The Balaban J connectivity index is 1.62. The molecule has 1 saturated carbocycles. The van der Waals surface area contributed by atoms with Crippen molar-refractivity contribution in [3.8, 4) is 0 Å². The molecule has 0 aromatic heterocycles. The van der Waals surface area contributed by atoms with E-state index in [9.17, 15) is 23.2 Å². The quantitative estimate of drug-likeness (QED) is 0.589. The van der Waals surface area contributed by atoms with Gasteiger partial charge in [0.1, 0.15) is 12.1 Å². The number of anilines is 1. The van der Waals surface area contributed by atoms with E-state index in [-0.39, 0.29) is 18.4 Å². The number of thioether (sulfide) groups is 1. The lowest BCUT2D eigenvalue weighted by molar-refractivity contribution is -0.136. The molecule has 1 aromatic rings. The van der Waals surface area contributed by atoms with E-state index in [4.69, 9.17) is 0 Å². The van der Waals surface area contributed by atoms with E-state index in [1.165, 1.54) is 24.3 Å². The molecular formula is C18H21F2N3O3S. The monoisotopic (exact) mass is 397 g/mol. The van der Waals surface area contributed by atoms with Crippen molar-refractivity contribution < 1.29 is 23.2 Å². The zero-order valence-electron chi connectivity index (χ0n) is 14.8. The van der Waals surface area contributed by atoms with Crippen LogP contribution in [0.3, 0.4) is 0 Å². The number of alkyl halides is 2. The van der Waals surface area contributed by atoms with Gasteiger partial charge in [-0.3, -0.25) is 14.5 Å². The van der Waals surface area contributed by atoms with Crippen LogP contribution in [0.15, 0.2) is 29.2 Å². The number of hydrogen-bond acceptors (Lipinski definition) is 4. The third kappa shape index (κ3) is 4.07. The highest BCUT2D eigenvalue weighted by Gasteiger charge is 2.55. The molecule has 0 bridgehead atoms. The smallest absolute Gasteiger partial charge is 0.325 e. The van der Waals surface area contributed by atoms with Gasteiger partial charge in [0, 0.05) is 10.6 Å². The summed E-state index contributed by atoms with van der Waals surface area (Å²) in [6, 6.07) is 5.39. The van der Waals surface area contributed by atoms with Crippen LogP contribution in [0.2, 0.25) is 0 Å². The Morgan fingerprint density at radius 3 is 2.67 bits per heavy atom. The molecule has 1 spiro atoms. The number of amides is 4. The van der Waals surface area contributed by atoms with E-state index in [1.54, 1.807) is 0 Å². The Morgan fingerprint density at radius 2 is 2.04 bits per heavy atom. The molecule has 0 radical (unpaired) electrons. The van der Waals surface area contributed by atoms with Crippen molar-refractivity contribution in [3.63, 3.8) is 0 Å². The Hall–Kier alpha value is -2.16. The third-order valence-corrected chi connectivity index (χ3v) is 5.89. The van der Waals surface area contributed by atoms with Crippen LogP contribution in [0.5, 0.6) is 0 Å². The lowest BCUT2D eigenvalue weighted by atomic mass is 9.73. The summed E-state index contributed by atoms with van der Waals surface area (Å²) >= 11 is 0.413. The van der Waals surface area contributed by atoms with E-state index in [0.29, 0.717) is 28.8 Å². The Morgan fingerprint density at radius 1 is 1.33 bits per heavy atom. The minimum Gasteiger partial charge on any atom is -0.325 e. The topological polar surface area (TPSA) is 78.5 Å². The lowest BCUT2D eigenvalue weighted by Crippen LogP contribution is -2.54. The average Bonchev–Trinajstić information content (AvgIpc) is 2.84. The summed E-state index contributed by atoms with van der Waals surface area (Å²) in [6.07, 6.45) is 3.32. The van der Waals surface area contributed by atoms with Crippen LogP contribution in [-0.4, -0.2) is 40.6 Å². The van der Waals surface area contributed by atoms with E-state index in [1.807, 2.05) is 6.92 Å². The number of carbonyl (C=O) groups excluding carboxylic acids is 3. The van der Waals surface area contributed by atoms with Crippen LogP contribution in [0.1, 0.15) is 32.6 Å². The number of nitrogens with one attached hydrogen (secondary N) is 2. The first-order chi connectivity index (χ1) is 12.8. The van der Waals surface area contributed by atoms with Gasteiger partial charge in [-0.2, -0.15) is 8.78 Å². The maximum absolute atomic E-state index is 12.8. The summed E-state index contributed by atoms with van der Waals surface area (Å²) in [5.41, 5.74) is -0.490. The van der Waals surface area contributed by atoms with Gasteiger partial charge in [0.25, 0.3) is 11.7 Å². The zero-order valence-corrected chi connectivity index (χ0v) is 15.7. The molecule has 3 rings (SSSR count). The first kappa shape index (κ1) is 19.6. The standard InChI is InChI=1S/C18H21F2N3O3S/c1-11-4-2-3-9-18(11)15(25)23(17(26)22-18)10-14(24)21-12-5-7-13(8-6-12)27-16(19)20/h5-8,11,16H,2-4,9-10H2,1H3,(H,21,24)(H,22,26)/t11-,18+/m1/s1. The molecule has 146 valence electrons. The Bertz CT molecular complexity index is 744. The predicted octanol–water partition coefficient (Wildman–Crippen LogP) is 3.44. The van der Waals surface area contributed by atoms with Crippen molar-refractivity contribution in [1.29, 1.82) is 0 Å². The van der Waals surface area contributed by atoms with Crippen molar-refractivity contribution in [3.05, 3.63) is 24.3 Å². The largest absolute Gasteiger partial charge is 0.325 e.